The summed E-state index contributed by atoms with van der Waals surface area (Å²) in [6.45, 7) is 1.72. The second-order valence-electron chi connectivity index (χ2n) is 8.05. The van der Waals surface area contributed by atoms with Gasteiger partial charge in [0.25, 0.3) is 0 Å². The Balaban J connectivity index is 1.55. The van der Waals surface area contributed by atoms with Crippen LogP contribution in [0.5, 0.6) is 0 Å². The van der Waals surface area contributed by atoms with Crippen LogP contribution in [0.3, 0.4) is 0 Å². The van der Waals surface area contributed by atoms with Crippen molar-refractivity contribution in [2.75, 3.05) is 13.2 Å². The molecule has 2 saturated carbocycles. The van der Waals surface area contributed by atoms with E-state index in [1.165, 1.54) is 57.1 Å². The fraction of sp³-hybridized carbons (Fsp3) is 0.737. The van der Waals surface area contributed by atoms with E-state index in [4.69, 9.17) is 10.5 Å². The number of nitrogens with zero attached hydrogens (tertiary/aromatic N) is 1. The van der Waals surface area contributed by atoms with Crippen molar-refractivity contribution in [3.8, 4) is 0 Å². The minimum atomic E-state index is 0.219. The summed E-state index contributed by atoms with van der Waals surface area (Å²) in [4.78, 5) is 4.67. The summed E-state index contributed by atoms with van der Waals surface area (Å²) in [5.74, 6) is 0. The van der Waals surface area contributed by atoms with Crippen molar-refractivity contribution in [3.63, 3.8) is 0 Å². The van der Waals surface area contributed by atoms with Crippen molar-refractivity contribution in [1.29, 1.82) is 0 Å². The van der Waals surface area contributed by atoms with Crippen molar-refractivity contribution in [2.45, 2.75) is 68.8 Å². The largest absolute Gasteiger partial charge is 0.375 e. The monoisotopic (exact) mass is 300 g/mol. The van der Waals surface area contributed by atoms with Gasteiger partial charge in [0.15, 0.2) is 0 Å². The molecule has 1 aromatic rings. The Morgan fingerprint density at radius 1 is 1.09 bits per heavy atom. The molecule has 1 aromatic heterocycles. The Hall–Kier alpha value is -0.930. The third-order valence-electron chi connectivity index (χ3n) is 6.51. The molecule has 0 unspecified atom stereocenters. The lowest BCUT2D eigenvalue weighted by Gasteiger charge is -2.61. The molecule has 2 aliphatic carbocycles. The van der Waals surface area contributed by atoms with Gasteiger partial charge in [-0.05, 0) is 69.0 Å². The van der Waals surface area contributed by atoms with Gasteiger partial charge in [-0.2, -0.15) is 0 Å². The number of hydrogen-bond acceptors (Lipinski definition) is 3. The average molecular weight is 300 g/mol. The first-order chi connectivity index (χ1) is 10.7. The van der Waals surface area contributed by atoms with Crippen LogP contribution in [-0.2, 0) is 10.2 Å². The molecular formula is C19H28N2O. The smallest absolute Gasteiger partial charge is 0.0687 e. The summed E-state index contributed by atoms with van der Waals surface area (Å²) in [5.41, 5.74) is 8.15. The molecule has 1 aliphatic heterocycles. The highest BCUT2D eigenvalue weighted by atomic mass is 16.5. The van der Waals surface area contributed by atoms with E-state index in [0.29, 0.717) is 5.41 Å². The third-order valence-corrected chi connectivity index (χ3v) is 6.51. The first-order valence-corrected chi connectivity index (χ1v) is 8.96. The van der Waals surface area contributed by atoms with Gasteiger partial charge >= 0.3 is 0 Å². The number of aromatic nitrogens is 1. The Bertz CT molecular complexity index is 515. The molecule has 22 heavy (non-hydrogen) atoms. The first kappa shape index (κ1) is 14.6. The van der Waals surface area contributed by atoms with Crippen molar-refractivity contribution < 1.29 is 4.74 Å². The van der Waals surface area contributed by atoms with Crippen molar-refractivity contribution in [2.24, 2.45) is 11.1 Å². The maximum Gasteiger partial charge on any atom is 0.0687 e. The molecule has 4 rings (SSSR count). The minimum Gasteiger partial charge on any atom is -0.375 e. The van der Waals surface area contributed by atoms with Crippen LogP contribution in [0.15, 0.2) is 24.4 Å². The van der Waals surface area contributed by atoms with E-state index in [1.54, 1.807) is 0 Å². The molecule has 3 nitrogen and oxygen atoms in total. The Morgan fingerprint density at radius 3 is 2.59 bits per heavy atom. The predicted octanol–water partition coefficient (Wildman–Crippen LogP) is 3.57. The van der Waals surface area contributed by atoms with Crippen LogP contribution >= 0.6 is 0 Å². The number of ether oxygens (including phenoxy) is 1. The molecule has 0 amide bonds. The van der Waals surface area contributed by atoms with Gasteiger partial charge in [-0.15, -0.1) is 0 Å². The Labute approximate surface area is 133 Å². The quantitative estimate of drug-likeness (QED) is 0.928. The summed E-state index contributed by atoms with van der Waals surface area (Å²) in [6.07, 6.45) is 13.3. The summed E-state index contributed by atoms with van der Waals surface area (Å²) in [7, 11) is 0. The number of pyridine rings is 1. The van der Waals surface area contributed by atoms with Crippen molar-refractivity contribution in [1.82, 2.24) is 4.98 Å². The zero-order chi connectivity index (χ0) is 15.1. The third kappa shape index (κ3) is 2.30. The van der Waals surface area contributed by atoms with Gasteiger partial charge in [-0.25, -0.2) is 0 Å². The SMILES string of the molecule is NCCC1(c2ccccn2)CC2(CCOC3(CCCC3)C2)C1. The second kappa shape index (κ2) is 5.31. The number of nitrogens with two attached hydrogens (primary N) is 1. The van der Waals surface area contributed by atoms with Crippen LogP contribution < -0.4 is 5.73 Å². The molecule has 3 heteroatoms. The predicted molar refractivity (Wildman–Crippen MR) is 87.6 cm³/mol. The van der Waals surface area contributed by atoms with Crippen LogP contribution in [-0.4, -0.2) is 23.7 Å². The molecule has 0 aromatic carbocycles. The molecule has 120 valence electrons. The average Bonchev–Trinajstić information content (AvgIpc) is 2.94. The summed E-state index contributed by atoms with van der Waals surface area (Å²) in [5, 5.41) is 0. The van der Waals surface area contributed by atoms with Gasteiger partial charge in [0.05, 0.1) is 5.60 Å². The van der Waals surface area contributed by atoms with Crippen LogP contribution in [0.2, 0.25) is 0 Å². The summed E-state index contributed by atoms with van der Waals surface area (Å²) in [6, 6.07) is 6.33. The molecule has 3 fully saturated rings. The zero-order valence-corrected chi connectivity index (χ0v) is 13.5. The molecule has 3 aliphatic rings. The molecule has 0 radical (unpaired) electrons. The fourth-order valence-electron chi connectivity index (χ4n) is 5.77. The van der Waals surface area contributed by atoms with E-state index in [2.05, 4.69) is 17.1 Å². The van der Waals surface area contributed by atoms with Gasteiger partial charge < -0.3 is 10.5 Å². The lowest BCUT2D eigenvalue weighted by Crippen LogP contribution is -2.57. The first-order valence-electron chi connectivity index (χ1n) is 8.96. The van der Waals surface area contributed by atoms with Gasteiger partial charge in [-0.1, -0.05) is 18.9 Å². The van der Waals surface area contributed by atoms with E-state index in [-0.39, 0.29) is 11.0 Å². The van der Waals surface area contributed by atoms with Gasteiger partial charge in [-0.3, -0.25) is 4.98 Å². The lowest BCUT2D eigenvalue weighted by atomic mass is 9.46. The number of rotatable bonds is 3. The highest BCUT2D eigenvalue weighted by Crippen LogP contribution is 2.64. The van der Waals surface area contributed by atoms with Crippen molar-refractivity contribution in [3.05, 3.63) is 30.1 Å². The van der Waals surface area contributed by atoms with Gasteiger partial charge in [0.1, 0.15) is 0 Å². The van der Waals surface area contributed by atoms with E-state index in [0.717, 1.165) is 19.6 Å². The fourth-order valence-corrected chi connectivity index (χ4v) is 5.77. The Morgan fingerprint density at radius 2 is 1.91 bits per heavy atom. The van der Waals surface area contributed by atoms with Gasteiger partial charge in [0.2, 0.25) is 0 Å². The highest BCUT2D eigenvalue weighted by molar-refractivity contribution is 5.26. The van der Waals surface area contributed by atoms with E-state index in [9.17, 15) is 0 Å². The Kier molecular flexibility index (Phi) is 3.54. The summed E-state index contributed by atoms with van der Waals surface area (Å²) >= 11 is 0. The molecular weight excluding hydrogens is 272 g/mol. The van der Waals surface area contributed by atoms with E-state index in [1.807, 2.05) is 12.3 Å². The molecule has 1 saturated heterocycles. The van der Waals surface area contributed by atoms with E-state index < -0.39 is 0 Å². The normalized spacial score (nSPS) is 36.6. The molecule has 0 bridgehead atoms. The summed E-state index contributed by atoms with van der Waals surface area (Å²) < 4.78 is 6.25. The molecule has 0 atom stereocenters. The van der Waals surface area contributed by atoms with E-state index >= 15 is 0 Å². The number of hydrogen-bond donors (Lipinski definition) is 1. The molecule has 2 spiro atoms. The van der Waals surface area contributed by atoms with Crippen LogP contribution in [0, 0.1) is 5.41 Å². The van der Waals surface area contributed by atoms with Crippen molar-refractivity contribution >= 4 is 0 Å². The van der Waals surface area contributed by atoms with Crippen LogP contribution in [0.1, 0.15) is 63.5 Å². The minimum absolute atomic E-state index is 0.219. The van der Waals surface area contributed by atoms with Crippen LogP contribution in [0.25, 0.3) is 0 Å². The highest BCUT2D eigenvalue weighted by Gasteiger charge is 2.59. The molecule has 2 heterocycles. The van der Waals surface area contributed by atoms with Gasteiger partial charge in [0, 0.05) is 23.9 Å². The zero-order valence-electron chi connectivity index (χ0n) is 13.5. The maximum absolute atomic E-state index is 6.25. The topological polar surface area (TPSA) is 48.1 Å². The lowest BCUT2D eigenvalue weighted by molar-refractivity contribution is -0.165. The maximum atomic E-state index is 6.25. The standard InChI is InChI=1S/C19H28N2O/c20-10-8-18(16-5-1-4-11-21-16)13-17(14-18)9-12-22-19(15-17)6-2-3-7-19/h1,4-5,11H,2-3,6-10,12-15,20H2. The van der Waals surface area contributed by atoms with Crippen LogP contribution in [0.4, 0.5) is 0 Å². The second-order valence-corrected chi connectivity index (χ2v) is 8.05. The molecule has 2 N–H and O–H groups in total.